The highest BCUT2D eigenvalue weighted by Crippen LogP contribution is 2.34. The van der Waals surface area contributed by atoms with Gasteiger partial charge in [-0.15, -0.1) is 0 Å². The second-order valence-corrected chi connectivity index (χ2v) is 9.37. The zero-order valence-electron chi connectivity index (χ0n) is 18.0. The summed E-state index contributed by atoms with van der Waals surface area (Å²) >= 11 is 0. The molecule has 1 aromatic heterocycles. The van der Waals surface area contributed by atoms with Gasteiger partial charge in [0.25, 0.3) is 0 Å². The Hall–Kier alpha value is -1.16. The molecule has 2 aliphatic rings. The summed E-state index contributed by atoms with van der Waals surface area (Å²) in [6, 6.07) is 4.05. The van der Waals surface area contributed by atoms with E-state index in [1.807, 2.05) is 6.20 Å². The molecule has 0 aromatic carbocycles. The summed E-state index contributed by atoms with van der Waals surface area (Å²) in [5.74, 6) is 3.06. The number of fused-ring (bicyclic) bond motifs is 2. The Bertz CT molecular complexity index is 557. The van der Waals surface area contributed by atoms with Crippen molar-refractivity contribution in [3.05, 3.63) is 18.1 Å². The van der Waals surface area contributed by atoms with Crippen LogP contribution in [0.1, 0.15) is 84.9 Å². The number of hydrogen-bond acceptors (Lipinski definition) is 4. The zero-order chi connectivity index (χ0) is 19.2. The van der Waals surface area contributed by atoms with Crippen LogP contribution in [0, 0.1) is 5.92 Å². The Morgan fingerprint density at radius 3 is 2.30 bits per heavy atom. The summed E-state index contributed by atoms with van der Waals surface area (Å²) in [5.41, 5.74) is 0. The van der Waals surface area contributed by atoms with Gasteiger partial charge in [0, 0.05) is 43.8 Å². The minimum atomic E-state index is 0.634. The van der Waals surface area contributed by atoms with Crippen LogP contribution in [0.15, 0.2) is 12.3 Å². The SMILES string of the molecule is CC(C)CCCCCCCc1nccc(N2C3CCC2CN(C(C)C)C3)n1. The van der Waals surface area contributed by atoms with E-state index in [0.29, 0.717) is 18.1 Å². The Kier molecular flexibility index (Phi) is 7.51. The van der Waals surface area contributed by atoms with Gasteiger partial charge >= 0.3 is 0 Å². The molecule has 2 unspecified atom stereocenters. The summed E-state index contributed by atoms with van der Waals surface area (Å²) in [5, 5.41) is 0. The van der Waals surface area contributed by atoms with Crippen LogP contribution < -0.4 is 4.90 Å². The molecule has 2 aliphatic heterocycles. The molecular formula is C23H40N4. The van der Waals surface area contributed by atoms with Gasteiger partial charge in [-0.1, -0.05) is 46.0 Å². The molecule has 0 aliphatic carbocycles. The maximum atomic E-state index is 4.96. The molecule has 0 spiro atoms. The maximum Gasteiger partial charge on any atom is 0.132 e. The smallest absolute Gasteiger partial charge is 0.132 e. The largest absolute Gasteiger partial charge is 0.348 e. The van der Waals surface area contributed by atoms with Gasteiger partial charge in [-0.2, -0.15) is 0 Å². The third-order valence-electron chi connectivity index (χ3n) is 6.38. The fourth-order valence-electron chi connectivity index (χ4n) is 4.75. The molecule has 2 saturated heterocycles. The molecular weight excluding hydrogens is 332 g/mol. The van der Waals surface area contributed by atoms with Gasteiger partial charge in [0.1, 0.15) is 11.6 Å². The summed E-state index contributed by atoms with van der Waals surface area (Å²) in [6.45, 7) is 11.6. The van der Waals surface area contributed by atoms with Crippen LogP contribution >= 0.6 is 0 Å². The number of aromatic nitrogens is 2. The summed E-state index contributed by atoms with van der Waals surface area (Å²) in [6.07, 6.45) is 13.6. The molecule has 2 atom stereocenters. The fraction of sp³-hybridized carbons (Fsp3) is 0.826. The van der Waals surface area contributed by atoms with Crippen LogP contribution in [0.4, 0.5) is 5.82 Å². The number of anilines is 1. The molecule has 1 aromatic rings. The first kappa shape index (κ1) is 20.6. The van der Waals surface area contributed by atoms with E-state index in [-0.39, 0.29) is 0 Å². The molecule has 0 saturated carbocycles. The van der Waals surface area contributed by atoms with Crippen molar-refractivity contribution in [2.75, 3.05) is 18.0 Å². The number of likely N-dealkylation sites (tertiary alicyclic amines) is 1. The van der Waals surface area contributed by atoms with Gasteiger partial charge < -0.3 is 4.90 Å². The molecule has 2 bridgehead atoms. The quantitative estimate of drug-likeness (QED) is 0.536. The van der Waals surface area contributed by atoms with Crippen molar-refractivity contribution >= 4 is 5.82 Å². The Balaban J connectivity index is 1.47. The van der Waals surface area contributed by atoms with Crippen molar-refractivity contribution in [3.63, 3.8) is 0 Å². The predicted molar refractivity (Wildman–Crippen MR) is 114 cm³/mol. The van der Waals surface area contributed by atoms with Gasteiger partial charge in [0.2, 0.25) is 0 Å². The highest BCUT2D eigenvalue weighted by molar-refractivity contribution is 5.43. The molecule has 0 N–H and O–H groups in total. The van der Waals surface area contributed by atoms with Gasteiger partial charge in [-0.05, 0) is 45.1 Å². The van der Waals surface area contributed by atoms with Crippen LogP contribution in [-0.2, 0) is 6.42 Å². The highest BCUT2D eigenvalue weighted by atomic mass is 15.4. The Morgan fingerprint density at radius 1 is 0.963 bits per heavy atom. The number of rotatable bonds is 10. The van der Waals surface area contributed by atoms with Crippen LogP contribution in [-0.4, -0.2) is 46.1 Å². The summed E-state index contributed by atoms with van der Waals surface area (Å²) in [4.78, 5) is 14.8. The highest BCUT2D eigenvalue weighted by Gasteiger charge is 2.41. The number of unbranched alkanes of at least 4 members (excludes halogenated alkanes) is 4. The molecule has 4 nitrogen and oxygen atoms in total. The molecule has 27 heavy (non-hydrogen) atoms. The Morgan fingerprint density at radius 2 is 1.63 bits per heavy atom. The predicted octanol–water partition coefficient (Wildman–Crippen LogP) is 5.08. The van der Waals surface area contributed by atoms with Crippen molar-refractivity contribution in [2.24, 2.45) is 5.92 Å². The molecule has 0 radical (unpaired) electrons. The summed E-state index contributed by atoms with van der Waals surface area (Å²) in [7, 11) is 0. The maximum absolute atomic E-state index is 4.96. The van der Waals surface area contributed by atoms with E-state index in [0.717, 1.165) is 18.2 Å². The second-order valence-electron chi connectivity index (χ2n) is 9.37. The molecule has 3 rings (SSSR count). The first-order valence-corrected chi connectivity index (χ1v) is 11.4. The average molecular weight is 373 g/mol. The third-order valence-corrected chi connectivity index (χ3v) is 6.38. The van der Waals surface area contributed by atoms with E-state index in [1.54, 1.807) is 0 Å². The molecule has 2 fully saturated rings. The first-order valence-electron chi connectivity index (χ1n) is 11.4. The minimum Gasteiger partial charge on any atom is -0.348 e. The van der Waals surface area contributed by atoms with Crippen LogP contribution in [0.2, 0.25) is 0 Å². The molecule has 0 amide bonds. The number of piperazine rings is 1. The zero-order valence-corrected chi connectivity index (χ0v) is 18.0. The molecule has 4 heteroatoms. The van der Waals surface area contributed by atoms with E-state index in [9.17, 15) is 0 Å². The van der Waals surface area contributed by atoms with Crippen molar-refractivity contribution in [3.8, 4) is 0 Å². The van der Waals surface area contributed by atoms with E-state index < -0.39 is 0 Å². The van der Waals surface area contributed by atoms with Crippen molar-refractivity contribution < 1.29 is 0 Å². The third kappa shape index (κ3) is 5.66. The number of nitrogens with zero attached hydrogens (tertiary/aromatic N) is 4. The van der Waals surface area contributed by atoms with Crippen LogP contribution in [0.25, 0.3) is 0 Å². The van der Waals surface area contributed by atoms with Gasteiger partial charge in [-0.25, -0.2) is 9.97 Å². The van der Waals surface area contributed by atoms with Gasteiger partial charge in [0.05, 0.1) is 0 Å². The Labute approximate surface area is 166 Å². The fourth-order valence-corrected chi connectivity index (χ4v) is 4.75. The van der Waals surface area contributed by atoms with Crippen molar-refractivity contribution in [1.29, 1.82) is 0 Å². The lowest BCUT2D eigenvalue weighted by Gasteiger charge is -2.43. The average Bonchev–Trinajstić information content (AvgIpc) is 2.90. The standard InChI is InChI=1S/C23H40N4/c1-18(2)10-8-6-5-7-9-11-22-24-15-14-23(25-22)27-20-12-13-21(27)17-26(16-20)19(3)4/h14-15,18-21H,5-13,16-17H2,1-4H3. The lowest BCUT2D eigenvalue weighted by molar-refractivity contribution is 0.177. The number of aryl methyl sites for hydroxylation is 1. The first-order chi connectivity index (χ1) is 13.0. The second kappa shape index (κ2) is 9.86. The topological polar surface area (TPSA) is 32.3 Å². The van der Waals surface area contributed by atoms with Crippen LogP contribution in [0.3, 0.4) is 0 Å². The summed E-state index contributed by atoms with van der Waals surface area (Å²) < 4.78 is 0. The van der Waals surface area contributed by atoms with Gasteiger partial charge in [0.15, 0.2) is 0 Å². The van der Waals surface area contributed by atoms with E-state index in [1.165, 1.54) is 70.3 Å². The normalized spacial score (nSPS) is 23.0. The van der Waals surface area contributed by atoms with Gasteiger partial charge in [-0.3, -0.25) is 4.90 Å². The molecule has 152 valence electrons. The lowest BCUT2D eigenvalue weighted by Crippen LogP contribution is -2.55. The van der Waals surface area contributed by atoms with E-state index in [4.69, 9.17) is 4.98 Å². The van der Waals surface area contributed by atoms with Crippen LogP contribution in [0.5, 0.6) is 0 Å². The van der Waals surface area contributed by atoms with Crippen molar-refractivity contribution in [1.82, 2.24) is 14.9 Å². The lowest BCUT2D eigenvalue weighted by atomic mass is 10.0. The molecule has 3 heterocycles. The van der Waals surface area contributed by atoms with E-state index in [2.05, 4.69) is 48.5 Å². The van der Waals surface area contributed by atoms with E-state index >= 15 is 0 Å². The number of hydrogen-bond donors (Lipinski definition) is 0. The minimum absolute atomic E-state index is 0.634. The monoisotopic (exact) mass is 372 g/mol. The van der Waals surface area contributed by atoms with Crippen molar-refractivity contribution in [2.45, 2.75) is 104 Å².